The van der Waals surface area contributed by atoms with Crippen LogP contribution >= 0.6 is 0 Å². The Morgan fingerprint density at radius 2 is 2.04 bits per heavy atom. The summed E-state index contributed by atoms with van der Waals surface area (Å²) in [5, 5.41) is 2.45. The molecule has 0 saturated heterocycles. The fourth-order valence-electron chi connectivity index (χ4n) is 1.91. The van der Waals surface area contributed by atoms with Gasteiger partial charge >= 0.3 is 0 Å². The van der Waals surface area contributed by atoms with Crippen LogP contribution in [0.3, 0.4) is 0 Å². The van der Waals surface area contributed by atoms with Gasteiger partial charge in [0.2, 0.25) is 10.0 Å². The number of hydrogen-bond donors (Lipinski definition) is 1. The van der Waals surface area contributed by atoms with E-state index in [0.717, 1.165) is 22.7 Å². The van der Waals surface area contributed by atoms with Crippen molar-refractivity contribution in [2.45, 2.75) is 0 Å². The molecular weight excluding hydrogens is 330 g/mol. The summed E-state index contributed by atoms with van der Waals surface area (Å²) >= 11 is 0. The molecule has 124 valence electrons. The summed E-state index contributed by atoms with van der Waals surface area (Å²) in [4.78, 5) is 11.7. The van der Waals surface area contributed by atoms with Crippen molar-refractivity contribution in [1.29, 1.82) is 0 Å². The van der Waals surface area contributed by atoms with Crippen LogP contribution in [0.4, 0.5) is 14.5 Å². The highest BCUT2D eigenvalue weighted by molar-refractivity contribution is 7.92. The van der Waals surface area contributed by atoms with Gasteiger partial charge in [0.1, 0.15) is 11.6 Å². The summed E-state index contributed by atoms with van der Waals surface area (Å²) in [5.74, 6) is -2.27. The fourth-order valence-corrected chi connectivity index (χ4v) is 2.84. The lowest BCUT2D eigenvalue weighted by atomic mass is 10.3. The van der Waals surface area contributed by atoms with E-state index in [1.165, 1.54) is 18.4 Å². The van der Waals surface area contributed by atoms with Crippen LogP contribution in [0.1, 0.15) is 10.6 Å². The third-order valence-electron chi connectivity index (χ3n) is 2.92. The maximum Gasteiger partial charge on any atom is 0.287 e. The van der Waals surface area contributed by atoms with Gasteiger partial charge in [0.25, 0.3) is 5.91 Å². The summed E-state index contributed by atoms with van der Waals surface area (Å²) in [6.07, 6.45) is 2.22. The Kier molecular flexibility index (Phi) is 4.99. The van der Waals surface area contributed by atoms with E-state index in [0.29, 0.717) is 6.07 Å². The zero-order valence-electron chi connectivity index (χ0n) is 12.1. The molecule has 0 spiro atoms. The molecule has 1 amide bonds. The first kappa shape index (κ1) is 16.9. The average Bonchev–Trinajstić information content (AvgIpc) is 2.97. The van der Waals surface area contributed by atoms with E-state index in [4.69, 9.17) is 4.42 Å². The molecule has 0 radical (unpaired) electrons. The molecule has 0 unspecified atom stereocenters. The maximum absolute atomic E-state index is 13.8. The first-order chi connectivity index (χ1) is 10.8. The van der Waals surface area contributed by atoms with Crippen LogP contribution in [-0.2, 0) is 10.0 Å². The van der Waals surface area contributed by atoms with E-state index in [1.54, 1.807) is 0 Å². The minimum absolute atomic E-state index is 0.0730. The minimum atomic E-state index is -3.81. The summed E-state index contributed by atoms with van der Waals surface area (Å²) in [5.41, 5.74) is -0.291. The van der Waals surface area contributed by atoms with Crippen LogP contribution in [0.5, 0.6) is 0 Å². The van der Waals surface area contributed by atoms with E-state index in [2.05, 4.69) is 5.32 Å². The van der Waals surface area contributed by atoms with Gasteiger partial charge in [-0.2, -0.15) is 0 Å². The highest BCUT2D eigenvalue weighted by atomic mass is 32.2. The summed E-state index contributed by atoms with van der Waals surface area (Å²) in [6.45, 7) is -0.294. The SMILES string of the molecule is CS(=O)(=O)N(CCNC(=O)c1ccco1)c1ccc(F)cc1F. The van der Waals surface area contributed by atoms with Crippen molar-refractivity contribution in [3.8, 4) is 0 Å². The number of halogens is 2. The number of anilines is 1. The second-order valence-electron chi connectivity index (χ2n) is 4.66. The average molecular weight is 344 g/mol. The molecule has 0 atom stereocenters. The standard InChI is InChI=1S/C14H14F2N2O4S/c1-23(20,21)18(12-5-4-10(15)9-11(12)16)7-6-17-14(19)13-3-2-8-22-13/h2-5,8-9H,6-7H2,1H3,(H,17,19). The molecule has 0 aliphatic rings. The number of carbonyl (C=O) groups is 1. The van der Waals surface area contributed by atoms with Crippen molar-refractivity contribution >= 4 is 21.6 Å². The molecule has 1 N–H and O–H groups in total. The Morgan fingerprint density at radius 3 is 2.61 bits per heavy atom. The van der Waals surface area contributed by atoms with Crippen LogP contribution in [0.2, 0.25) is 0 Å². The number of furan rings is 1. The van der Waals surface area contributed by atoms with Crippen molar-refractivity contribution in [3.05, 3.63) is 54.0 Å². The molecule has 1 aromatic carbocycles. The Hall–Kier alpha value is -2.42. The largest absolute Gasteiger partial charge is 0.459 e. The summed E-state index contributed by atoms with van der Waals surface area (Å²) in [7, 11) is -3.81. The molecule has 6 nitrogen and oxygen atoms in total. The first-order valence-electron chi connectivity index (χ1n) is 6.53. The van der Waals surface area contributed by atoms with E-state index in [-0.39, 0.29) is 24.5 Å². The van der Waals surface area contributed by atoms with Crippen LogP contribution < -0.4 is 9.62 Å². The fraction of sp³-hybridized carbons (Fsp3) is 0.214. The van der Waals surface area contributed by atoms with Gasteiger partial charge in [-0.3, -0.25) is 9.10 Å². The molecule has 0 aliphatic heterocycles. The number of rotatable bonds is 6. The number of nitrogens with one attached hydrogen (secondary N) is 1. The lowest BCUT2D eigenvalue weighted by molar-refractivity contribution is 0.0927. The number of sulfonamides is 1. The lowest BCUT2D eigenvalue weighted by Crippen LogP contribution is -2.38. The normalized spacial score (nSPS) is 11.3. The summed E-state index contributed by atoms with van der Waals surface area (Å²) < 4.78 is 56.0. The van der Waals surface area contributed by atoms with Gasteiger partial charge in [0.15, 0.2) is 5.76 Å². The number of hydrogen-bond acceptors (Lipinski definition) is 4. The van der Waals surface area contributed by atoms with E-state index < -0.39 is 27.6 Å². The van der Waals surface area contributed by atoms with Crippen LogP contribution in [0.25, 0.3) is 0 Å². The number of amides is 1. The topological polar surface area (TPSA) is 79.6 Å². The second-order valence-corrected chi connectivity index (χ2v) is 6.57. The Balaban J connectivity index is 2.10. The second kappa shape index (κ2) is 6.78. The van der Waals surface area contributed by atoms with E-state index in [1.807, 2.05) is 0 Å². The number of carbonyl (C=O) groups excluding carboxylic acids is 1. The molecule has 1 heterocycles. The Morgan fingerprint density at radius 1 is 1.30 bits per heavy atom. The Labute approximate surface area is 131 Å². The van der Waals surface area contributed by atoms with Gasteiger partial charge in [0.05, 0.1) is 24.8 Å². The van der Waals surface area contributed by atoms with Crippen LogP contribution in [0, 0.1) is 11.6 Å². The molecule has 2 rings (SSSR count). The molecule has 9 heteroatoms. The van der Waals surface area contributed by atoms with Gasteiger partial charge in [-0.05, 0) is 24.3 Å². The van der Waals surface area contributed by atoms with Crippen molar-refractivity contribution in [1.82, 2.24) is 5.32 Å². The highest BCUT2D eigenvalue weighted by Gasteiger charge is 2.21. The monoisotopic (exact) mass is 344 g/mol. The van der Waals surface area contributed by atoms with Crippen LogP contribution in [0.15, 0.2) is 41.0 Å². The zero-order chi connectivity index (χ0) is 17.0. The van der Waals surface area contributed by atoms with Gasteiger partial charge in [-0.15, -0.1) is 0 Å². The van der Waals surface area contributed by atoms with Gasteiger partial charge < -0.3 is 9.73 Å². The highest BCUT2D eigenvalue weighted by Crippen LogP contribution is 2.22. The van der Waals surface area contributed by atoms with Crippen molar-refractivity contribution in [2.75, 3.05) is 23.7 Å². The predicted octanol–water partition coefficient (Wildman–Crippen LogP) is 1.75. The number of nitrogens with zero attached hydrogens (tertiary/aromatic N) is 1. The predicted molar refractivity (Wildman–Crippen MR) is 79.6 cm³/mol. The van der Waals surface area contributed by atoms with E-state index >= 15 is 0 Å². The molecule has 0 fully saturated rings. The molecule has 2 aromatic rings. The third kappa shape index (κ3) is 4.28. The number of benzene rings is 1. The maximum atomic E-state index is 13.8. The Bertz CT molecular complexity index is 791. The quantitative estimate of drug-likeness (QED) is 0.866. The first-order valence-corrected chi connectivity index (χ1v) is 8.38. The van der Waals surface area contributed by atoms with Gasteiger partial charge in [-0.1, -0.05) is 0 Å². The van der Waals surface area contributed by atoms with Crippen LogP contribution in [-0.4, -0.2) is 33.7 Å². The lowest BCUT2D eigenvalue weighted by Gasteiger charge is -2.22. The van der Waals surface area contributed by atoms with Gasteiger partial charge in [0, 0.05) is 12.6 Å². The smallest absolute Gasteiger partial charge is 0.287 e. The molecule has 0 saturated carbocycles. The zero-order valence-corrected chi connectivity index (χ0v) is 12.9. The molecule has 23 heavy (non-hydrogen) atoms. The van der Waals surface area contributed by atoms with E-state index in [9.17, 15) is 22.0 Å². The minimum Gasteiger partial charge on any atom is -0.459 e. The van der Waals surface area contributed by atoms with Crippen molar-refractivity contribution in [2.24, 2.45) is 0 Å². The van der Waals surface area contributed by atoms with Crippen molar-refractivity contribution < 1.29 is 26.4 Å². The molecule has 0 aliphatic carbocycles. The summed E-state index contributed by atoms with van der Waals surface area (Å²) in [6, 6.07) is 5.56. The third-order valence-corrected chi connectivity index (χ3v) is 4.10. The molecule has 1 aromatic heterocycles. The van der Waals surface area contributed by atoms with Gasteiger partial charge in [-0.25, -0.2) is 17.2 Å². The van der Waals surface area contributed by atoms with Crippen molar-refractivity contribution in [3.63, 3.8) is 0 Å². The molecular formula is C14H14F2N2O4S. The molecule has 0 bridgehead atoms.